The smallest absolute Gasteiger partial charge is 0.123 e. The van der Waals surface area contributed by atoms with Crippen LogP contribution < -0.4 is 10.2 Å². The van der Waals surface area contributed by atoms with Crippen molar-refractivity contribution >= 4 is 11.5 Å². The number of hydrogen-bond acceptors (Lipinski definition) is 3. The van der Waals surface area contributed by atoms with Crippen LogP contribution in [0.1, 0.15) is 19.4 Å². The van der Waals surface area contributed by atoms with Crippen molar-refractivity contribution in [2.45, 2.75) is 25.8 Å². The van der Waals surface area contributed by atoms with Gasteiger partial charge in [0.1, 0.15) is 5.84 Å². The van der Waals surface area contributed by atoms with Crippen molar-refractivity contribution in [2.24, 2.45) is 4.99 Å². The lowest BCUT2D eigenvalue weighted by Gasteiger charge is -2.36. The van der Waals surface area contributed by atoms with Gasteiger partial charge in [0, 0.05) is 25.2 Å². The van der Waals surface area contributed by atoms with E-state index in [1.54, 1.807) is 0 Å². The van der Waals surface area contributed by atoms with Gasteiger partial charge in [-0.1, -0.05) is 18.2 Å². The topological polar surface area (TPSA) is 27.6 Å². The Kier molecular flexibility index (Phi) is 2.35. The summed E-state index contributed by atoms with van der Waals surface area (Å²) in [5.41, 5.74) is 2.83. The van der Waals surface area contributed by atoms with Crippen LogP contribution in [0.15, 0.2) is 29.3 Å². The molecule has 1 atom stereocenters. The van der Waals surface area contributed by atoms with Crippen LogP contribution in [0, 0.1) is 0 Å². The van der Waals surface area contributed by atoms with Crippen molar-refractivity contribution in [3.05, 3.63) is 29.8 Å². The molecule has 2 aliphatic rings. The van der Waals surface area contributed by atoms with Crippen LogP contribution in [-0.2, 0) is 6.42 Å². The number of hydrogen-bond donors (Lipinski definition) is 1. The molecule has 0 amide bonds. The second kappa shape index (κ2) is 3.76. The molecular formula is C14H19N3. The molecule has 1 unspecified atom stereocenters. The Balaban J connectivity index is 2.04. The number of benzene rings is 1. The van der Waals surface area contributed by atoms with Gasteiger partial charge in [-0.2, -0.15) is 0 Å². The Hall–Kier alpha value is -1.51. The van der Waals surface area contributed by atoms with E-state index in [4.69, 9.17) is 0 Å². The Bertz CT molecular complexity index is 466. The van der Waals surface area contributed by atoms with E-state index in [0.717, 1.165) is 31.9 Å². The SMILES string of the molecule is CCN1c2ccccc2CC1(C)C1=NCCN1. The molecule has 2 heterocycles. The maximum Gasteiger partial charge on any atom is 0.123 e. The second-order valence-corrected chi connectivity index (χ2v) is 4.98. The minimum Gasteiger partial charge on any atom is -0.370 e. The summed E-state index contributed by atoms with van der Waals surface area (Å²) in [6.45, 7) is 7.44. The monoisotopic (exact) mass is 229 g/mol. The molecule has 90 valence electrons. The number of anilines is 1. The number of nitrogens with zero attached hydrogens (tertiary/aromatic N) is 2. The van der Waals surface area contributed by atoms with Crippen LogP contribution in [0.2, 0.25) is 0 Å². The van der Waals surface area contributed by atoms with Gasteiger partial charge in [0.2, 0.25) is 0 Å². The van der Waals surface area contributed by atoms with E-state index >= 15 is 0 Å². The summed E-state index contributed by atoms with van der Waals surface area (Å²) >= 11 is 0. The highest BCUT2D eigenvalue weighted by molar-refractivity contribution is 5.97. The predicted molar refractivity (Wildman–Crippen MR) is 71.9 cm³/mol. The summed E-state index contributed by atoms with van der Waals surface area (Å²) in [5.74, 6) is 1.16. The first kappa shape index (κ1) is 10.6. The first-order valence-electron chi connectivity index (χ1n) is 6.40. The Labute approximate surface area is 103 Å². The first-order chi connectivity index (χ1) is 8.25. The molecule has 0 bridgehead atoms. The van der Waals surface area contributed by atoms with Crippen molar-refractivity contribution in [1.29, 1.82) is 0 Å². The molecule has 17 heavy (non-hydrogen) atoms. The van der Waals surface area contributed by atoms with E-state index in [9.17, 15) is 0 Å². The molecule has 1 N–H and O–H groups in total. The Morgan fingerprint density at radius 2 is 2.24 bits per heavy atom. The maximum atomic E-state index is 4.63. The van der Waals surface area contributed by atoms with E-state index in [-0.39, 0.29) is 5.54 Å². The average molecular weight is 229 g/mol. The van der Waals surface area contributed by atoms with Crippen LogP contribution >= 0.6 is 0 Å². The van der Waals surface area contributed by atoms with Crippen LogP contribution in [0.3, 0.4) is 0 Å². The fourth-order valence-corrected chi connectivity index (χ4v) is 3.15. The highest BCUT2D eigenvalue weighted by atomic mass is 15.3. The van der Waals surface area contributed by atoms with Crippen molar-refractivity contribution in [2.75, 3.05) is 24.5 Å². The lowest BCUT2D eigenvalue weighted by atomic mass is 9.95. The summed E-state index contributed by atoms with van der Waals surface area (Å²) in [6, 6.07) is 8.71. The number of fused-ring (bicyclic) bond motifs is 1. The zero-order valence-electron chi connectivity index (χ0n) is 10.5. The molecule has 3 nitrogen and oxygen atoms in total. The fourth-order valence-electron chi connectivity index (χ4n) is 3.15. The van der Waals surface area contributed by atoms with Gasteiger partial charge in [-0.15, -0.1) is 0 Å². The lowest BCUT2D eigenvalue weighted by Crippen LogP contribution is -2.54. The van der Waals surface area contributed by atoms with Crippen LogP contribution in [0.5, 0.6) is 0 Å². The van der Waals surface area contributed by atoms with E-state index in [2.05, 4.69) is 53.3 Å². The van der Waals surface area contributed by atoms with Crippen LogP contribution in [0.25, 0.3) is 0 Å². The third-order valence-electron chi connectivity index (χ3n) is 3.91. The van der Waals surface area contributed by atoms with Gasteiger partial charge < -0.3 is 10.2 Å². The summed E-state index contributed by atoms with van der Waals surface area (Å²) in [6.07, 6.45) is 1.06. The number of rotatable bonds is 2. The largest absolute Gasteiger partial charge is 0.370 e. The molecule has 3 heteroatoms. The summed E-state index contributed by atoms with van der Waals surface area (Å²) in [7, 11) is 0. The first-order valence-corrected chi connectivity index (χ1v) is 6.40. The van der Waals surface area contributed by atoms with Gasteiger partial charge in [0.15, 0.2) is 0 Å². The van der Waals surface area contributed by atoms with Gasteiger partial charge in [0.25, 0.3) is 0 Å². The zero-order valence-corrected chi connectivity index (χ0v) is 10.5. The average Bonchev–Trinajstić information content (AvgIpc) is 2.94. The third-order valence-corrected chi connectivity index (χ3v) is 3.91. The van der Waals surface area contributed by atoms with Crippen molar-refractivity contribution in [1.82, 2.24) is 5.32 Å². The Morgan fingerprint density at radius 1 is 1.41 bits per heavy atom. The molecule has 1 aromatic carbocycles. The van der Waals surface area contributed by atoms with E-state index in [1.807, 2.05) is 0 Å². The number of aliphatic imine (C=N–C) groups is 1. The van der Waals surface area contributed by atoms with E-state index in [0.29, 0.717) is 0 Å². The zero-order chi connectivity index (χ0) is 11.9. The molecule has 0 fully saturated rings. The molecular weight excluding hydrogens is 210 g/mol. The minimum atomic E-state index is 0.0228. The van der Waals surface area contributed by atoms with Crippen molar-refractivity contribution < 1.29 is 0 Å². The number of para-hydroxylation sites is 1. The maximum absolute atomic E-state index is 4.63. The van der Waals surface area contributed by atoms with Gasteiger partial charge in [-0.05, 0) is 25.5 Å². The molecule has 0 aliphatic carbocycles. The summed E-state index contributed by atoms with van der Waals surface area (Å²) in [5, 5.41) is 3.45. The number of likely N-dealkylation sites (N-methyl/N-ethyl adjacent to an activating group) is 1. The standard InChI is InChI=1S/C14H19N3/c1-3-17-12-7-5-4-6-11(12)10-14(17,2)13-15-8-9-16-13/h4-7H,3,8-10H2,1-2H3,(H,15,16). The highest BCUT2D eigenvalue weighted by Crippen LogP contribution is 2.39. The molecule has 0 aromatic heterocycles. The molecule has 1 aromatic rings. The van der Waals surface area contributed by atoms with E-state index in [1.165, 1.54) is 11.3 Å². The molecule has 0 spiro atoms. The number of nitrogens with one attached hydrogen (secondary N) is 1. The summed E-state index contributed by atoms with van der Waals surface area (Å²) in [4.78, 5) is 7.11. The second-order valence-electron chi connectivity index (χ2n) is 4.98. The fraction of sp³-hybridized carbons (Fsp3) is 0.500. The normalized spacial score (nSPS) is 26.7. The molecule has 0 saturated heterocycles. The molecule has 2 aliphatic heterocycles. The third kappa shape index (κ3) is 1.45. The Morgan fingerprint density at radius 3 is 2.94 bits per heavy atom. The van der Waals surface area contributed by atoms with Crippen LogP contribution in [0.4, 0.5) is 5.69 Å². The van der Waals surface area contributed by atoms with Crippen LogP contribution in [-0.4, -0.2) is 31.0 Å². The number of amidine groups is 1. The lowest BCUT2D eigenvalue weighted by molar-refractivity contribution is 0.577. The predicted octanol–water partition coefficient (Wildman–Crippen LogP) is 1.83. The molecule has 3 rings (SSSR count). The van der Waals surface area contributed by atoms with Gasteiger partial charge in [0.05, 0.1) is 12.1 Å². The molecule has 0 saturated carbocycles. The van der Waals surface area contributed by atoms with Gasteiger partial charge in [-0.3, -0.25) is 4.99 Å². The highest BCUT2D eigenvalue weighted by Gasteiger charge is 2.43. The van der Waals surface area contributed by atoms with Crippen molar-refractivity contribution in [3.63, 3.8) is 0 Å². The quantitative estimate of drug-likeness (QED) is 0.838. The van der Waals surface area contributed by atoms with E-state index < -0.39 is 0 Å². The van der Waals surface area contributed by atoms with Gasteiger partial charge >= 0.3 is 0 Å². The molecule has 0 radical (unpaired) electrons. The minimum absolute atomic E-state index is 0.0228. The van der Waals surface area contributed by atoms with Gasteiger partial charge in [-0.25, -0.2) is 0 Å². The summed E-state index contributed by atoms with van der Waals surface area (Å²) < 4.78 is 0. The van der Waals surface area contributed by atoms with Crippen molar-refractivity contribution in [3.8, 4) is 0 Å².